The highest BCUT2D eigenvalue weighted by Crippen LogP contribution is 2.23. The number of aliphatic imine (C=N–C) groups is 1. The predicted octanol–water partition coefficient (Wildman–Crippen LogP) is 3.73. The van der Waals surface area contributed by atoms with Gasteiger partial charge in [-0.3, -0.25) is 9.89 Å². The lowest BCUT2D eigenvalue weighted by atomic mass is 9.99. The van der Waals surface area contributed by atoms with Crippen LogP contribution in [0.25, 0.3) is 0 Å². The van der Waals surface area contributed by atoms with Crippen molar-refractivity contribution in [3.8, 4) is 0 Å². The van der Waals surface area contributed by atoms with Crippen molar-refractivity contribution in [2.45, 2.75) is 39.8 Å². The summed E-state index contributed by atoms with van der Waals surface area (Å²) in [6, 6.07) is 11.0. The lowest BCUT2D eigenvalue weighted by Gasteiger charge is -2.36. The number of nitrogens with zero attached hydrogens (tertiary/aromatic N) is 5. The molecule has 2 aromatic rings. The second-order valence-electron chi connectivity index (χ2n) is 8.93. The van der Waals surface area contributed by atoms with E-state index < -0.39 is 0 Å². The Labute approximate surface area is 209 Å². The average molecular weight is 553 g/mol. The summed E-state index contributed by atoms with van der Waals surface area (Å²) < 4.78 is 5.18. The molecule has 2 fully saturated rings. The molecule has 0 atom stereocenters. The summed E-state index contributed by atoms with van der Waals surface area (Å²) in [7, 11) is 1.87. The maximum Gasteiger partial charge on any atom is 0.194 e. The Morgan fingerprint density at radius 2 is 1.78 bits per heavy atom. The largest absolute Gasteiger partial charge is 0.372 e. The van der Waals surface area contributed by atoms with E-state index in [2.05, 4.69) is 61.4 Å². The van der Waals surface area contributed by atoms with Crippen LogP contribution >= 0.6 is 24.0 Å². The Morgan fingerprint density at radius 1 is 1.09 bits per heavy atom. The van der Waals surface area contributed by atoms with Gasteiger partial charge in [0, 0.05) is 71.2 Å². The second-order valence-corrected chi connectivity index (χ2v) is 8.93. The zero-order valence-corrected chi connectivity index (χ0v) is 21.9. The SMILES string of the molecule is CN=C(NCc1ccc(N2CCC(C)CC2)cc1)N1CCN(Cc2cc(C)on2)CC1.I. The third-order valence-electron chi connectivity index (χ3n) is 6.48. The smallest absolute Gasteiger partial charge is 0.194 e. The molecule has 0 unspecified atom stereocenters. The van der Waals surface area contributed by atoms with E-state index in [1.54, 1.807) is 0 Å². The van der Waals surface area contributed by atoms with Crippen molar-refractivity contribution >= 4 is 35.6 Å². The maximum absolute atomic E-state index is 5.18. The highest BCUT2D eigenvalue weighted by molar-refractivity contribution is 14.0. The summed E-state index contributed by atoms with van der Waals surface area (Å²) in [4.78, 5) is 11.8. The lowest BCUT2D eigenvalue weighted by Crippen LogP contribution is -2.52. The van der Waals surface area contributed by atoms with Crippen LogP contribution in [0.3, 0.4) is 0 Å². The molecule has 32 heavy (non-hydrogen) atoms. The number of benzene rings is 1. The van der Waals surface area contributed by atoms with Crippen LogP contribution < -0.4 is 10.2 Å². The number of anilines is 1. The van der Waals surface area contributed by atoms with Gasteiger partial charge in [-0.05, 0) is 43.4 Å². The number of guanidine groups is 1. The van der Waals surface area contributed by atoms with Crippen LogP contribution in [0, 0.1) is 12.8 Å². The molecule has 1 aromatic carbocycles. The van der Waals surface area contributed by atoms with E-state index in [0.29, 0.717) is 0 Å². The number of piperidine rings is 1. The molecule has 1 N–H and O–H groups in total. The molecule has 7 nitrogen and oxygen atoms in total. The minimum absolute atomic E-state index is 0. The number of piperazine rings is 1. The molecular weight excluding hydrogens is 515 g/mol. The molecule has 0 spiro atoms. The molecule has 176 valence electrons. The number of hydrogen-bond acceptors (Lipinski definition) is 5. The standard InChI is InChI=1S/C24H36N6O.HI/c1-19-8-10-29(11-9-19)23-6-4-21(5-7-23)17-26-24(25-3)30-14-12-28(13-15-30)18-22-16-20(2)31-27-22;/h4-7,16,19H,8-15,17-18H2,1-3H3,(H,25,26);1H. The zero-order chi connectivity index (χ0) is 21.6. The van der Waals surface area contributed by atoms with E-state index in [1.165, 1.54) is 37.2 Å². The predicted molar refractivity (Wildman–Crippen MR) is 141 cm³/mol. The molecule has 8 heteroatoms. The fourth-order valence-electron chi connectivity index (χ4n) is 4.44. The summed E-state index contributed by atoms with van der Waals surface area (Å²) in [5, 5.41) is 7.66. The molecule has 0 radical (unpaired) electrons. The highest BCUT2D eigenvalue weighted by Gasteiger charge is 2.20. The van der Waals surface area contributed by atoms with Gasteiger partial charge in [-0.2, -0.15) is 0 Å². The Hall–Kier alpha value is -1.81. The third-order valence-corrected chi connectivity index (χ3v) is 6.48. The van der Waals surface area contributed by atoms with E-state index in [-0.39, 0.29) is 24.0 Å². The summed E-state index contributed by atoms with van der Waals surface area (Å²) in [6.45, 7) is 12.2. The van der Waals surface area contributed by atoms with Crippen LogP contribution in [-0.4, -0.2) is 67.2 Å². The summed E-state index contributed by atoms with van der Waals surface area (Å²) in [6.07, 6.45) is 2.59. The van der Waals surface area contributed by atoms with Gasteiger partial charge in [0.25, 0.3) is 0 Å². The number of hydrogen-bond donors (Lipinski definition) is 1. The van der Waals surface area contributed by atoms with Crippen molar-refractivity contribution in [2.24, 2.45) is 10.9 Å². The van der Waals surface area contributed by atoms with Crippen LogP contribution in [0.2, 0.25) is 0 Å². The van der Waals surface area contributed by atoms with Crippen LogP contribution in [0.5, 0.6) is 0 Å². The van der Waals surface area contributed by atoms with Gasteiger partial charge < -0.3 is 19.6 Å². The fourth-order valence-corrected chi connectivity index (χ4v) is 4.44. The third kappa shape index (κ3) is 6.60. The average Bonchev–Trinajstić information content (AvgIpc) is 3.21. The second kappa shape index (κ2) is 11.9. The first-order valence-electron chi connectivity index (χ1n) is 11.5. The van der Waals surface area contributed by atoms with Gasteiger partial charge >= 0.3 is 0 Å². The topological polar surface area (TPSA) is 60.1 Å². The van der Waals surface area contributed by atoms with Gasteiger partial charge in [0.05, 0.1) is 5.69 Å². The summed E-state index contributed by atoms with van der Waals surface area (Å²) >= 11 is 0. The van der Waals surface area contributed by atoms with Gasteiger partial charge in [0.15, 0.2) is 5.96 Å². The van der Waals surface area contributed by atoms with Crippen molar-refractivity contribution in [3.05, 3.63) is 47.3 Å². The van der Waals surface area contributed by atoms with Gasteiger partial charge in [-0.15, -0.1) is 24.0 Å². The molecule has 2 aliphatic rings. The fraction of sp³-hybridized carbons (Fsp3) is 0.583. The number of aromatic nitrogens is 1. The molecule has 0 amide bonds. The van der Waals surface area contributed by atoms with Crippen molar-refractivity contribution in [3.63, 3.8) is 0 Å². The van der Waals surface area contributed by atoms with E-state index in [1.807, 2.05) is 20.0 Å². The van der Waals surface area contributed by atoms with Crippen LogP contribution in [0.15, 0.2) is 39.8 Å². The Kier molecular flexibility index (Phi) is 9.22. The molecule has 0 aliphatic carbocycles. The Balaban J connectivity index is 0.00000289. The van der Waals surface area contributed by atoms with E-state index >= 15 is 0 Å². The normalized spacial score (nSPS) is 18.5. The van der Waals surface area contributed by atoms with Crippen molar-refractivity contribution in [2.75, 3.05) is 51.2 Å². The molecular formula is C24H37IN6O. The van der Waals surface area contributed by atoms with Crippen LogP contribution in [0.1, 0.15) is 36.8 Å². The lowest BCUT2D eigenvalue weighted by molar-refractivity contribution is 0.169. The summed E-state index contributed by atoms with van der Waals surface area (Å²) in [5.41, 5.74) is 3.64. The highest BCUT2D eigenvalue weighted by atomic mass is 127. The number of halogens is 1. The monoisotopic (exact) mass is 552 g/mol. The Bertz CT molecular complexity index is 852. The minimum atomic E-state index is 0. The van der Waals surface area contributed by atoms with Crippen LogP contribution in [-0.2, 0) is 13.1 Å². The molecule has 4 rings (SSSR count). The first kappa shape index (κ1) is 24.8. The Morgan fingerprint density at radius 3 is 2.38 bits per heavy atom. The number of aryl methyl sites for hydroxylation is 1. The summed E-state index contributed by atoms with van der Waals surface area (Å²) in [5.74, 6) is 2.71. The van der Waals surface area contributed by atoms with E-state index in [0.717, 1.165) is 62.6 Å². The zero-order valence-electron chi connectivity index (χ0n) is 19.6. The molecule has 2 aliphatic heterocycles. The first-order valence-corrected chi connectivity index (χ1v) is 11.5. The van der Waals surface area contributed by atoms with Gasteiger partial charge in [0.2, 0.25) is 0 Å². The molecule has 2 saturated heterocycles. The van der Waals surface area contributed by atoms with Crippen molar-refractivity contribution < 1.29 is 4.52 Å². The number of nitrogens with one attached hydrogen (secondary N) is 1. The van der Waals surface area contributed by atoms with E-state index in [9.17, 15) is 0 Å². The number of rotatable bonds is 5. The van der Waals surface area contributed by atoms with E-state index in [4.69, 9.17) is 4.52 Å². The maximum atomic E-state index is 5.18. The molecule has 1 aromatic heterocycles. The van der Waals surface area contributed by atoms with Gasteiger partial charge in [-0.1, -0.05) is 24.2 Å². The first-order chi connectivity index (χ1) is 15.1. The van der Waals surface area contributed by atoms with Gasteiger partial charge in [0.1, 0.15) is 5.76 Å². The molecule has 3 heterocycles. The van der Waals surface area contributed by atoms with Gasteiger partial charge in [-0.25, -0.2) is 0 Å². The van der Waals surface area contributed by atoms with Crippen molar-refractivity contribution in [1.82, 2.24) is 20.3 Å². The van der Waals surface area contributed by atoms with Crippen LogP contribution in [0.4, 0.5) is 5.69 Å². The molecule has 0 bridgehead atoms. The quantitative estimate of drug-likeness (QED) is 0.347. The minimum Gasteiger partial charge on any atom is -0.372 e. The molecule has 0 saturated carbocycles. The van der Waals surface area contributed by atoms with Crippen molar-refractivity contribution in [1.29, 1.82) is 0 Å².